The summed E-state index contributed by atoms with van der Waals surface area (Å²) in [4.78, 5) is 36.7. The van der Waals surface area contributed by atoms with Crippen LogP contribution in [0, 0.1) is 6.92 Å². The fourth-order valence-electron chi connectivity index (χ4n) is 5.06. The third-order valence-electron chi connectivity index (χ3n) is 7.58. The lowest BCUT2D eigenvalue weighted by molar-refractivity contribution is 0.0916. The number of anilines is 3. The second kappa shape index (κ2) is 11.0. The number of amides is 2. The molecule has 2 aromatic carbocycles. The lowest BCUT2D eigenvalue weighted by Crippen LogP contribution is -2.39. The van der Waals surface area contributed by atoms with Gasteiger partial charge in [0.25, 0.3) is 11.8 Å². The summed E-state index contributed by atoms with van der Waals surface area (Å²) < 4.78 is 0. The van der Waals surface area contributed by atoms with E-state index in [1.807, 2.05) is 43.3 Å². The Labute approximate surface area is 232 Å². The molecule has 0 aliphatic heterocycles. The summed E-state index contributed by atoms with van der Waals surface area (Å²) in [6.45, 7) is 1.99. The van der Waals surface area contributed by atoms with Crippen LogP contribution in [-0.2, 0) is 12.8 Å². The van der Waals surface area contributed by atoms with E-state index >= 15 is 0 Å². The van der Waals surface area contributed by atoms with Gasteiger partial charge in [-0.25, -0.2) is 9.97 Å². The number of aryl methyl sites for hydroxylation is 2. The number of nitrogens with one attached hydrogen (secondary N) is 3. The normalized spacial score (nSPS) is 14.7. The van der Waals surface area contributed by atoms with Gasteiger partial charge in [-0.1, -0.05) is 12.1 Å². The minimum atomic E-state index is -0.0653. The first-order chi connectivity index (χ1) is 19.0. The molecule has 0 spiro atoms. The predicted molar refractivity (Wildman–Crippen MR) is 156 cm³/mol. The number of carbonyl (C=O) groups is 2. The topological polar surface area (TPSA) is 96.0 Å². The molecule has 3 N–H and O–H groups in total. The number of carbonyl (C=O) groups excluding carboxylic acids is 2. The Kier molecular flexibility index (Phi) is 7.11. The molecule has 2 heterocycles. The first-order valence-corrected chi connectivity index (χ1v) is 14.4. The molecule has 7 nitrogen and oxygen atoms in total. The zero-order valence-corrected chi connectivity index (χ0v) is 22.7. The minimum absolute atomic E-state index is 0.0365. The second-order valence-electron chi connectivity index (χ2n) is 10.3. The SMILES string of the molecule is Cc1c(NC(=O)c2cc3c(s2)CCCC3)cccc1-c1ccnc(Nc2ccc(C(=O)NC3CCC3)cc2)n1. The van der Waals surface area contributed by atoms with Crippen molar-refractivity contribution in [2.24, 2.45) is 0 Å². The third-order valence-corrected chi connectivity index (χ3v) is 8.81. The van der Waals surface area contributed by atoms with Crippen molar-refractivity contribution in [1.29, 1.82) is 0 Å². The van der Waals surface area contributed by atoms with Crippen LogP contribution >= 0.6 is 11.3 Å². The predicted octanol–water partition coefficient (Wildman–Crippen LogP) is 6.67. The molecular weight excluding hydrogens is 506 g/mol. The van der Waals surface area contributed by atoms with Crippen molar-refractivity contribution in [1.82, 2.24) is 15.3 Å². The standard InChI is InChI=1S/C31H31N5O2S/c1-19-24(9-5-10-25(19)35-30(38)28-18-21-6-2-3-11-27(21)39-28)26-16-17-32-31(36-26)34-23-14-12-20(13-15-23)29(37)33-22-7-4-8-22/h5,9-10,12-18,22H,2-4,6-8,11H2,1H3,(H,33,37)(H,35,38)(H,32,34,36). The Morgan fingerprint density at radius 3 is 2.54 bits per heavy atom. The van der Waals surface area contributed by atoms with Crippen LogP contribution in [0.1, 0.15) is 68.1 Å². The van der Waals surface area contributed by atoms with Crippen LogP contribution in [0.2, 0.25) is 0 Å². The fourth-order valence-corrected chi connectivity index (χ4v) is 6.21. The van der Waals surface area contributed by atoms with Gasteiger partial charge in [-0.2, -0.15) is 0 Å². The Balaban J connectivity index is 1.15. The van der Waals surface area contributed by atoms with E-state index in [0.29, 0.717) is 17.6 Å². The molecule has 2 aliphatic carbocycles. The fraction of sp³-hybridized carbons (Fsp3) is 0.290. The lowest BCUT2D eigenvalue weighted by Gasteiger charge is -2.26. The van der Waals surface area contributed by atoms with Crippen LogP contribution in [0.3, 0.4) is 0 Å². The van der Waals surface area contributed by atoms with Crippen molar-refractivity contribution in [3.8, 4) is 11.3 Å². The summed E-state index contributed by atoms with van der Waals surface area (Å²) in [5.41, 5.74) is 6.15. The van der Waals surface area contributed by atoms with E-state index in [1.165, 1.54) is 29.7 Å². The maximum absolute atomic E-state index is 13.1. The first kappa shape index (κ1) is 25.2. The summed E-state index contributed by atoms with van der Waals surface area (Å²) in [6, 6.07) is 17.4. The molecule has 6 rings (SSSR count). The summed E-state index contributed by atoms with van der Waals surface area (Å²) in [5.74, 6) is 0.354. The van der Waals surface area contributed by atoms with Crippen LogP contribution in [0.4, 0.5) is 17.3 Å². The van der Waals surface area contributed by atoms with E-state index in [-0.39, 0.29) is 11.8 Å². The number of hydrogen-bond acceptors (Lipinski definition) is 6. The molecule has 2 amide bonds. The third kappa shape index (κ3) is 5.56. The van der Waals surface area contributed by atoms with Gasteiger partial charge in [0, 0.05) is 39.6 Å². The molecule has 4 aromatic rings. The molecule has 0 bridgehead atoms. The molecule has 2 aromatic heterocycles. The Morgan fingerprint density at radius 1 is 0.949 bits per heavy atom. The van der Waals surface area contributed by atoms with Gasteiger partial charge in [-0.3, -0.25) is 9.59 Å². The van der Waals surface area contributed by atoms with Crippen molar-refractivity contribution in [3.63, 3.8) is 0 Å². The maximum atomic E-state index is 13.1. The highest BCUT2D eigenvalue weighted by atomic mass is 32.1. The van der Waals surface area contributed by atoms with Crippen LogP contribution in [0.25, 0.3) is 11.3 Å². The number of rotatable bonds is 7. The van der Waals surface area contributed by atoms with E-state index in [9.17, 15) is 9.59 Å². The van der Waals surface area contributed by atoms with Crippen LogP contribution in [0.15, 0.2) is 60.8 Å². The molecule has 0 radical (unpaired) electrons. The highest BCUT2D eigenvalue weighted by molar-refractivity contribution is 7.14. The number of aromatic nitrogens is 2. The number of hydrogen-bond donors (Lipinski definition) is 3. The zero-order valence-electron chi connectivity index (χ0n) is 21.9. The molecule has 0 atom stereocenters. The van der Waals surface area contributed by atoms with Crippen LogP contribution < -0.4 is 16.0 Å². The van der Waals surface area contributed by atoms with E-state index in [4.69, 9.17) is 4.98 Å². The van der Waals surface area contributed by atoms with Crippen molar-refractivity contribution in [3.05, 3.63) is 87.2 Å². The van der Waals surface area contributed by atoms with Gasteiger partial charge in [0.2, 0.25) is 5.95 Å². The number of nitrogens with zero attached hydrogens (tertiary/aromatic N) is 2. The van der Waals surface area contributed by atoms with Gasteiger partial charge in [0.1, 0.15) is 0 Å². The number of fused-ring (bicyclic) bond motifs is 1. The molecule has 8 heteroatoms. The largest absolute Gasteiger partial charge is 0.349 e. The van der Waals surface area contributed by atoms with Crippen LogP contribution in [-0.4, -0.2) is 27.8 Å². The van der Waals surface area contributed by atoms with Gasteiger partial charge in [-0.05, 0) is 105 Å². The molecule has 0 unspecified atom stereocenters. The zero-order chi connectivity index (χ0) is 26.8. The summed E-state index contributed by atoms with van der Waals surface area (Å²) in [5, 5.41) is 9.41. The summed E-state index contributed by atoms with van der Waals surface area (Å²) in [7, 11) is 0. The van der Waals surface area contributed by atoms with Gasteiger partial charge in [0.05, 0.1) is 10.6 Å². The monoisotopic (exact) mass is 537 g/mol. The average molecular weight is 538 g/mol. The van der Waals surface area contributed by atoms with E-state index in [0.717, 1.165) is 58.8 Å². The van der Waals surface area contributed by atoms with E-state index in [1.54, 1.807) is 29.7 Å². The molecular formula is C31H31N5O2S. The highest BCUT2D eigenvalue weighted by Gasteiger charge is 2.20. The smallest absolute Gasteiger partial charge is 0.265 e. The van der Waals surface area contributed by atoms with Crippen molar-refractivity contribution < 1.29 is 9.59 Å². The Bertz CT molecular complexity index is 1500. The molecule has 198 valence electrons. The van der Waals surface area contributed by atoms with Gasteiger partial charge in [0.15, 0.2) is 0 Å². The van der Waals surface area contributed by atoms with Gasteiger partial charge >= 0.3 is 0 Å². The average Bonchev–Trinajstić information content (AvgIpc) is 3.37. The van der Waals surface area contributed by atoms with E-state index < -0.39 is 0 Å². The lowest BCUT2D eigenvalue weighted by atomic mass is 9.93. The van der Waals surface area contributed by atoms with Crippen molar-refractivity contribution in [2.45, 2.75) is 57.9 Å². The Hall–Kier alpha value is -4.04. The minimum Gasteiger partial charge on any atom is -0.349 e. The van der Waals surface area contributed by atoms with Crippen LogP contribution in [0.5, 0.6) is 0 Å². The maximum Gasteiger partial charge on any atom is 0.265 e. The summed E-state index contributed by atoms with van der Waals surface area (Å²) in [6.07, 6.45) is 9.56. The molecule has 1 saturated carbocycles. The summed E-state index contributed by atoms with van der Waals surface area (Å²) >= 11 is 1.62. The van der Waals surface area contributed by atoms with Gasteiger partial charge < -0.3 is 16.0 Å². The molecule has 2 aliphatic rings. The van der Waals surface area contributed by atoms with E-state index in [2.05, 4.69) is 27.0 Å². The second-order valence-corrected chi connectivity index (χ2v) is 11.4. The molecule has 1 fully saturated rings. The van der Waals surface area contributed by atoms with Crippen molar-refractivity contribution in [2.75, 3.05) is 10.6 Å². The Morgan fingerprint density at radius 2 is 1.77 bits per heavy atom. The van der Waals surface area contributed by atoms with Crippen molar-refractivity contribution >= 4 is 40.5 Å². The number of benzene rings is 2. The quantitative estimate of drug-likeness (QED) is 0.245. The molecule has 0 saturated heterocycles. The molecule has 39 heavy (non-hydrogen) atoms. The van der Waals surface area contributed by atoms with Gasteiger partial charge in [-0.15, -0.1) is 11.3 Å². The highest BCUT2D eigenvalue weighted by Crippen LogP contribution is 2.32. The number of thiophene rings is 1. The first-order valence-electron chi connectivity index (χ1n) is 13.6.